The number of amides is 1. The quantitative estimate of drug-likeness (QED) is 0.646. The fourth-order valence-corrected chi connectivity index (χ4v) is 0.315. The number of nitrogens with two attached hydrogens (primary N) is 1. The first-order valence-electron chi connectivity index (χ1n) is 4.14. The Labute approximate surface area is 86.9 Å². The number of hydrogen-bond acceptors (Lipinski definition) is 4. The van der Waals surface area contributed by atoms with E-state index in [2.05, 4.69) is 10.2 Å². The Bertz CT molecular complexity index is 326. The SMILES string of the molecule is CC(C)(C)C(N)=O.O=C(O)n1nccn1. The van der Waals surface area contributed by atoms with E-state index in [1.165, 1.54) is 12.4 Å². The third-order valence-electron chi connectivity index (χ3n) is 1.33. The maximum absolute atomic E-state index is 10.2. The third kappa shape index (κ3) is 5.40. The number of nitrogens with zero attached hydrogens (tertiary/aromatic N) is 3. The van der Waals surface area contributed by atoms with Crippen LogP contribution in [0, 0.1) is 5.41 Å². The van der Waals surface area contributed by atoms with Crippen molar-refractivity contribution in [2.75, 3.05) is 0 Å². The maximum Gasteiger partial charge on any atom is 0.449 e. The lowest BCUT2D eigenvalue weighted by Gasteiger charge is -2.10. The second kappa shape index (κ2) is 5.08. The van der Waals surface area contributed by atoms with Crippen molar-refractivity contribution < 1.29 is 14.7 Å². The highest BCUT2D eigenvalue weighted by atomic mass is 16.4. The van der Waals surface area contributed by atoms with E-state index in [9.17, 15) is 9.59 Å². The number of aromatic nitrogens is 3. The smallest absolute Gasteiger partial charge is 0.449 e. The summed E-state index contributed by atoms with van der Waals surface area (Å²) < 4.78 is 0. The highest BCUT2D eigenvalue weighted by molar-refractivity contribution is 5.79. The molecule has 1 heterocycles. The monoisotopic (exact) mass is 214 g/mol. The number of hydrogen-bond donors (Lipinski definition) is 2. The molecule has 0 fully saturated rings. The van der Waals surface area contributed by atoms with E-state index < -0.39 is 6.09 Å². The van der Waals surface area contributed by atoms with Crippen LogP contribution in [0.4, 0.5) is 4.79 Å². The van der Waals surface area contributed by atoms with Gasteiger partial charge in [0.1, 0.15) is 0 Å². The van der Waals surface area contributed by atoms with Gasteiger partial charge in [-0.05, 0) is 0 Å². The minimum absolute atomic E-state index is 0.257. The number of carboxylic acid groups (broad SMARTS) is 1. The predicted molar refractivity (Wildman–Crippen MR) is 52.1 cm³/mol. The topological polar surface area (TPSA) is 111 Å². The van der Waals surface area contributed by atoms with Gasteiger partial charge in [0, 0.05) is 5.41 Å². The van der Waals surface area contributed by atoms with Crippen LogP contribution in [0.15, 0.2) is 12.4 Å². The fourth-order valence-electron chi connectivity index (χ4n) is 0.315. The zero-order valence-electron chi connectivity index (χ0n) is 8.84. The van der Waals surface area contributed by atoms with Crippen molar-refractivity contribution >= 4 is 12.0 Å². The van der Waals surface area contributed by atoms with E-state index in [1.54, 1.807) is 20.8 Å². The molecule has 0 bridgehead atoms. The summed E-state index contributed by atoms with van der Waals surface area (Å²) >= 11 is 0. The largest absolute Gasteiger partial charge is 0.462 e. The van der Waals surface area contributed by atoms with Crippen LogP contribution in [-0.4, -0.2) is 32.1 Å². The van der Waals surface area contributed by atoms with Crippen molar-refractivity contribution in [3.05, 3.63) is 12.4 Å². The van der Waals surface area contributed by atoms with Crippen LogP contribution in [-0.2, 0) is 4.79 Å². The molecular formula is C8H14N4O3. The van der Waals surface area contributed by atoms with Gasteiger partial charge in [0.2, 0.25) is 5.91 Å². The minimum Gasteiger partial charge on any atom is -0.462 e. The van der Waals surface area contributed by atoms with Gasteiger partial charge in [-0.25, -0.2) is 4.79 Å². The van der Waals surface area contributed by atoms with Crippen LogP contribution in [0.1, 0.15) is 20.8 Å². The lowest BCUT2D eigenvalue weighted by molar-refractivity contribution is -0.125. The lowest BCUT2D eigenvalue weighted by atomic mass is 9.96. The zero-order chi connectivity index (χ0) is 12.1. The molecular weight excluding hydrogens is 200 g/mol. The molecule has 1 rings (SSSR count). The second-order valence-electron chi connectivity index (χ2n) is 3.72. The van der Waals surface area contributed by atoms with Crippen LogP contribution in [0.5, 0.6) is 0 Å². The van der Waals surface area contributed by atoms with Crippen LogP contribution in [0.3, 0.4) is 0 Å². The van der Waals surface area contributed by atoms with Crippen LogP contribution >= 0.6 is 0 Å². The van der Waals surface area contributed by atoms with E-state index in [1.807, 2.05) is 0 Å². The summed E-state index contributed by atoms with van der Waals surface area (Å²) in [5, 5.41) is 14.8. The summed E-state index contributed by atoms with van der Waals surface area (Å²) in [5.74, 6) is -0.257. The van der Waals surface area contributed by atoms with E-state index in [0.717, 1.165) is 0 Å². The second-order valence-corrected chi connectivity index (χ2v) is 3.72. The molecule has 7 heteroatoms. The molecule has 84 valence electrons. The molecule has 7 nitrogen and oxygen atoms in total. The molecule has 0 saturated carbocycles. The van der Waals surface area contributed by atoms with E-state index in [4.69, 9.17) is 10.8 Å². The molecule has 3 N–H and O–H groups in total. The molecule has 0 radical (unpaired) electrons. The Morgan fingerprint density at radius 2 is 1.60 bits per heavy atom. The molecule has 1 amide bonds. The van der Waals surface area contributed by atoms with Gasteiger partial charge in [0.25, 0.3) is 0 Å². The molecule has 0 unspecified atom stereocenters. The van der Waals surface area contributed by atoms with Crippen molar-refractivity contribution in [2.24, 2.45) is 11.1 Å². The fraction of sp³-hybridized carbons (Fsp3) is 0.500. The Hall–Kier alpha value is -1.92. The average Bonchev–Trinajstić information content (AvgIpc) is 2.54. The number of rotatable bonds is 0. The molecule has 0 aromatic carbocycles. The standard InChI is InChI=1S/C5H11NO.C3H3N3O2/c1-5(2,3)4(6)7;7-3(8)6-4-1-2-5-6/h1-3H3,(H2,6,7);1-2H,(H,7,8). The number of carbonyl (C=O) groups excluding carboxylic acids is 1. The zero-order valence-corrected chi connectivity index (χ0v) is 8.84. The van der Waals surface area contributed by atoms with Gasteiger partial charge in [-0.2, -0.15) is 10.2 Å². The molecule has 0 aliphatic rings. The first kappa shape index (κ1) is 13.1. The molecule has 1 aromatic rings. The molecule has 0 aliphatic carbocycles. The number of carbonyl (C=O) groups is 2. The summed E-state index contributed by atoms with van der Waals surface area (Å²) in [6, 6.07) is 0. The summed E-state index contributed by atoms with van der Waals surface area (Å²) in [6.45, 7) is 5.36. The van der Waals surface area contributed by atoms with Gasteiger partial charge in [-0.3, -0.25) is 4.79 Å². The summed E-state index contributed by atoms with van der Waals surface area (Å²) in [6.07, 6.45) is 1.43. The van der Waals surface area contributed by atoms with Gasteiger partial charge < -0.3 is 10.8 Å². The molecule has 1 aromatic heterocycles. The van der Waals surface area contributed by atoms with Gasteiger partial charge in [0.05, 0.1) is 12.4 Å². The minimum atomic E-state index is -1.17. The highest BCUT2D eigenvalue weighted by Crippen LogP contribution is 2.09. The molecule has 0 aliphatic heterocycles. The highest BCUT2D eigenvalue weighted by Gasteiger charge is 2.16. The van der Waals surface area contributed by atoms with Crippen LogP contribution in [0.2, 0.25) is 0 Å². The predicted octanol–water partition coefficient (Wildman–Crippen LogP) is 0.322. The van der Waals surface area contributed by atoms with Crippen LogP contribution < -0.4 is 5.73 Å². The van der Waals surface area contributed by atoms with Crippen molar-refractivity contribution in [1.82, 2.24) is 15.0 Å². The van der Waals surface area contributed by atoms with E-state index in [-0.39, 0.29) is 11.3 Å². The molecule has 0 saturated heterocycles. The van der Waals surface area contributed by atoms with E-state index >= 15 is 0 Å². The first-order chi connectivity index (χ1) is 6.75. The lowest BCUT2D eigenvalue weighted by Crippen LogP contribution is -2.27. The van der Waals surface area contributed by atoms with Crippen molar-refractivity contribution in [3.8, 4) is 0 Å². The Kier molecular flexibility index (Phi) is 4.43. The average molecular weight is 214 g/mol. The van der Waals surface area contributed by atoms with Gasteiger partial charge >= 0.3 is 6.09 Å². The molecule has 0 spiro atoms. The number of primary amides is 1. The normalized spacial score (nSPS) is 10.1. The van der Waals surface area contributed by atoms with Crippen LogP contribution in [0.25, 0.3) is 0 Å². The molecule has 0 atom stereocenters. The Morgan fingerprint density at radius 3 is 1.73 bits per heavy atom. The Balaban J connectivity index is 0.000000265. The van der Waals surface area contributed by atoms with Crippen molar-refractivity contribution in [3.63, 3.8) is 0 Å². The van der Waals surface area contributed by atoms with Crippen molar-refractivity contribution in [2.45, 2.75) is 20.8 Å². The van der Waals surface area contributed by atoms with Crippen molar-refractivity contribution in [1.29, 1.82) is 0 Å². The molecule has 15 heavy (non-hydrogen) atoms. The first-order valence-corrected chi connectivity index (χ1v) is 4.14. The maximum atomic E-state index is 10.2. The van der Waals surface area contributed by atoms with E-state index in [0.29, 0.717) is 4.80 Å². The summed E-state index contributed by atoms with van der Waals surface area (Å²) in [5.41, 5.74) is 4.57. The van der Waals surface area contributed by atoms with Gasteiger partial charge in [-0.15, -0.1) is 0 Å². The van der Waals surface area contributed by atoms with Gasteiger partial charge in [-0.1, -0.05) is 25.6 Å². The summed E-state index contributed by atoms with van der Waals surface area (Å²) in [7, 11) is 0. The Morgan fingerprint density at radius 1 is 1.27 bits per heavy atom. The summed E-state index contributed by atoms with van der Waals surface area (Å²) in [4.78, 5) is 20.7. The third-order valence-corrected chi connectivity index (χ3v) is 1.33. The van der Waals surface area contributed by atoms with Gasteiger partial charge in [0.15, 0.2) is 0 Å².